The fourth-order valence-corrected chi connectivity index (χ4v) is 4.54. The van der Waals surface area contributed by atoms with Crippen LogP contribution in [-0.2, 0) is 22.9 Å². The maximum absolute atomic E-state index is 13.3. The number of anilines is 3. The largest absolute Gasteiger partial charge is 0.480 e. The minimum atomic E-state index is -4.64. The van der Waals surface area contributed by atoms with Crippen molar-refractivity contribution in [2.24, 2.45) is 0 Å². The minimum absolute atomic E-state index is 0.0360. The van der Waals surface area contributed by atoms with Gasteiger partial charge in [-0.1, -0.05) is 42.5 Å². The number of nitrogens with one attached hydrogen (secondary N) is 2. The third kappa shape index (κ3) is 8.33. The molecule has 214 valence electrons. The Balaban J connectivity index is 1.63. The molecule has 0 spiro atoms. The number of benzene rings is 3. The number of alkyl halides is 6. The Morgan fingerprint density at radius 2 is 1.46 bits per heavy atom. The summed E-state index contributed by atoms with van der Waals surface area (Å²) >= 11 is 1.33. The first-order chi connectivity index (χ1) is 19.4. The van der Waals surface area contributed by atoms with Gasteiger partial charge in [0.05, 0.1) is 11.1 Å². The maximum Gasteiger partial charge on any atom is 0.416 e. The molecule has 0 saturated carbocycles. The highest BCUT2D eigenvalue weighted by Crippen LogP contribution is 2.33. The van der Waals surface area contributed by atoms with Gasteiger partial charge in [0.1, 0.15) is 6.04 Å². The van der Waals surface area contributed by atoms with Crippen LogP contribution in [0.2, 0.25) is 0 Å². The number of thioether (sulfide) groups is 1. The smallest absolute Gasteiger partial charge is 0.416 e. The number of carboxylic acids is 1. The number of rotatable bonds is 10. The third-order valence-corrected chi connectivity index (χ3v) is 6.66. The molecule has 0 saturated heterocycles. The van der Waals surface area contributed by atoms with Crippen LogP contribution in [0.4, 0.5) is 43.9 Å². The van der Waals surface area contributed by atoms with Crippen molar-refractivity contribution in [2.45, 2.75) is 24.1 Å². The average molecular weight is 594 g/mol. The van der Waals surface area contributed by atoms with Crippen LogP contribution < -0.4 is 10.6 Å². The summed E-state index contributed by atoms with van der Waals surface area (Å²) in [4.78, 5) is 24.4. The highest BCUT2D eigenvalue weighted by molar-refractivity contribution is 7.98. The van der Waals surface area contributed by atoms with Gasteiger partial charge in [0, 0.05) is 22.8 Å². The first kappa shape index (κ1) is 29.6. The summed E-state index contributed by atoms with van der Waals surface area (Å²) in [6.07, 6.45) is -9.19. The molecule has 4 rings (SSSR count). The zero-order chi connectivity index (χ0) is 29.6. The van der Waals surface area contributed by atoms with E-state index in [9.17, 15) is 36.2 Å². The van der Waals surface area contributed by atoms with Gasteiger partial charge >= 0.3 is 18.3 Å². The Hall–Kier alpha value is -4.33. The van der Waals surface area contributed by atoms with Crippen LogP contribution in [0.15, 0.2) is 78.9 Å². The third-order valence-electron chi connectivity index (χ3n) is 5.55. The first-order valence-corrected chi connectivity index (χ1v) is 13.0. The van der Waals surface area contributed by atoms with Crippen molar-refractivity contribution in [3.63, 3.8) is 0 Å². The lowest BCUT2D eigenvalue weighted by molar-refractivity contribution is -0.138. The zero-order valence-electron chi connectivity index (χ0n) is 20.9. The summed E-state index contributed by atoms with van der Waals surface area (Å²) in [6.45, 7) is 0. The second kappa shape index (κ2) is 12.5. The maximum atomic E-state index is 13.3. The number of carboxylic acid groups (broad SMARTS) is 1. The van der Waals surface area contributed by atoms with Gasteiger partial charge in [-0.05, 0) is 42.0 Å². The Bertz CT molecular complexity index is 1480. The average Bonchev–Trinajstić information content (AvgIpc) is 2.92. The molecule has 4 aromatic rings. The predicted molar refractivity (Wildman–Crippen MR) is 143 cm³/mol. The summed E-state index contributed by atoms with van der Waals surface area (Å²) in [5, 5.41) is 15.1. The van der Waals surface area contributed by atoms with E-state index in [0.717, 1.165) is 48.0 Å². The monoisotopic (exact) mass is 593 g/mol. The standard InChI is InChI=1S/C27H21F6N5O2S/c28-26(29,30)18-9-11-20(12-10-18)34-24-36-22(17-7-4-8-19(13-17)27(31,32)33)37-25(38-24)35-21(23(39)40)15-41-14-16-5-2-1-3-6-16/h1-13,21H,14-15H2,(H,39,40)(H2,34,35,36,37,38)/t21-/m0/s1. The minimum Gasteiger partial charge on any atom is -0.480 e. The lowest BCUT2D eigenvalue weighted by atomic mass is 10.1. The molecule has 7 nitrogen and oxygen atoms in total. The van der Waals surface area contributed by atoms with Crippen molar-refractivity contribution < 1.29 is 36.2 Å². The SMILES string of the molecule is O=C(O)[C@H](CSCc1ccccc1)Nc1nc(Nc2ccc(C(F)(F)F)cc2)nc(-c2cccc(C(F)(F)F)c2)n1. The van der Waals surface area contributed by atoms with Gasteiger partial charge in [-0.15, -0.1) is 0 Å². The lowest BCUT2D eigenvalue weighted by Gasteiger charge is -2.16. The molecule has 0 unspecified atom stereocenters. The summed E-state index contributed by atoms with van der Waals surface area (Å²) in [5.74, 6) is -1.30. The highest BCUT2D eigenvalue weighted by atomic mass is 32.2. The molecule has 1 aromatic heterocycles. The van der Waals surface area contributed by atoms with E-state index in [4.69, 9.17) is 0 Å². The molecule has 3 N–H and O–H groups in total. The molecule has 0 bridgehead atoms. The molecule has 0 fully saturated rings. The van der Waals surface area contributed by atoms with Crippen LogP contribution in [0.25, 0.3) is 11.4 Å². The highest BCUT2D eigenvalue weighted by Gasteiger charge is 2.31. The van der Waals surface area contributed by atoms with E-state index in [1.807, 2.05) is 30.3 Å². The lowest BCUT2D eigenvalue weighted by Crippen LogP contribution is -2.32. The van der Waals surface area contributed by atoms with Crippen molar-refractivity contribution in [1.82, 2.24) is 15.0 Å². The van der Waals surface area contributed by atoms with Gasteiger partial charge in [0.25, 0.3) is 0 Å². The van der Waals surface area contributed by atoms with Crippen LogP contribution >= 0.6 is 11.8 Å². The molecule has 0 amide bonds. The molecule has 41 heavy (non-hydrogen) atoms. The van der Waals surface area contributed by atoms with Gasteiger partial charge in [0.15, 0.2) is 5.82 Å². The molecule has 1 atom stereocenters. The number of aliphatic carboxylic acids is 1. The molecule has 0 aliphatic rings. The predicted octanol–water partition coefficient (Wildman–Crippen LogP) is 7.12. The summed E-state index contributed by atoms with van der Waals surface area (Å²) in [7, 11) is 0. The van der Waals surface area contributed by atoms with E-state index >= 15 is 0 Å². The van der Waals surface area contributed by atoms with Gasteiger partial charge < -0.3 is 15.7 Å². The Morgan fingerprint density at radius 1 is 0.805 bits per heavy atom. The van der Waals surface area contributed by atoms with Gasteiger partial charge in [-0.25, -0.2) is 4.79 Å². The van der Waals surface area contributed by atoms with Crippen LogP contribution in [0.3, 0.4) is 0 Å². The summed E-state index contributed by atoms with van der Waals surface area (Å²) < 4.78 is 78.8. The normalized spacial score (nSPS) is 12.5. The fourth-order valence-electron chi connectivity index (χ4n) is 3.53. The molecule has 0 aliphatic carbocycles. The summed E-state index contributed by atoms with van der Waals surface area (Å²) in [6, 6.07) is 16.3. The van der Waals surface area contributed by atoms with Gasteiger partial charge in [-0.2, -0.15) is 53.1 Å². The van der Waals surface area contributed by atoms with E-state index in [1.54, 1.807) is 0 Å². The van der Waals surface area contributed by atoms with Crippen LogP contribution in [0, 0.1) is 0 Å². The van der Waals surface area contributed by atoms with E-state index in [2.05, 4.69) is 25.6 Å². The molecular weight excluding hydrogens is 572 g/mol. The van der Waals surface area contributed by atoms with Crippen molar-refractivity contribution >= 4 is 35.3 Å². The van der Waals surface area contributed by atoms with Crippen molar-refractivity contribution in [3.05, 3.63) is 95.6 Å². The van der Waals surface area contributed by atoms with Gasteiger partial charge in [-0.3, -0.25) is 0 Å². The second-order valence-corrected chi connectivity index (χ2v) is 9.65. The first-order valence-electron chi connectivity index (χ1n) is 11.9. The number of hydrogen-bond acceptors (Lipinski definition) is 7. The number of halogens is 6. The van der Waals surface area contributed by atoms with Crippen molar-refractivity contribution in [3.8, 4) is 11.4 Å². The van der Waals surface area contributed by atoms with E-state index in [-0.39, 0.29) is 34.7 Å². The molecular formula is C27H21F6N5O2S. The molecule has 3 aromatic carbocycles. The van der Waals surface area contributed by atoms with Gasteiger partial charge in [0.2, 0.25) is 11.9 Å². The molecule has 14 heteroatoms. The number of hydrogen-bond donors (Lipinski definition) is 3. The van der Waals surface area contributed by atoms with E-state index < -0.39 is 35.5 Å². The van der Waals surface area contributed by atoms with E-state index in [1.165, 1.54) is 17.8 Å². The van der Waals surface area contributed by atoms with Crippen molar-refractivity contribution in [2.75, 3.05) is 16.4 Å². The fraction of sp³-hybridized carbons (Fsp3) is 0.185. The Morgan fingerprint density at radius 3 is 2.10 bits per heavy atom. The quantitative estimate of drug-likeness (QED) is 0.167. The topological polar surface area (TPSA) is 100 Å². The molecule has 1 heterocycles. The number of nitrogens with zero attached hydrogens (tertiary/aromatic N) is 3. The van der Waals surface area contributed by atoms with Crippen LogP contribution in [0.1, 0.15) is 16.7 Å². The number of aromatic nitrogens is 3. The number of carbonyl (C=O) groups is 1. The molecule has 0 radical (unpaired) electrons. The van der Waals surface area contributed by atoms with Crippen LogP contribution in [-0.4, -0.2) is 37.8 Å². The molecule has 0 aliphatic heterocycles. The summed E-state index contributed by atoms with van der Waals surface area (Å²) in [5.41, 5.74) is -0.744. The van der Waals surface area contributed by atoms with E-state index in [0.29, 0.717) is 5.75 Å². The second-order valence-electron chi connectivity index (χ2n) is 8.62. The van der Waals surface area contributed by atoms with Crippen LogP contribution in [0.5, 0.6) is 0 Å². The Kier molecular flexibility index (Phi) is 9.01. The zero-order valence-corrected chi connectivity index (χ0v) is 21.7. The Labute approximate surface area is 234 Å². The van der Waals surface area contributed by atoms with Crippen molar-refractivity contribution in [1.29, 1.82) is 0 Å².